The summed E-state index contributed by atoms with van der Waals surface area (Å²) in [4.78, 5) is 31.5. The Morgan fingerprint density at radius 2 is 1.74 bits per heavy atom. The minimum absolute atomic E-state index is 0.00346. The highest BCUT2D eigenvalue weighted by Crippen LogP contribution is 2.33. The van der Waals surface area contributed by atoms with Crippen molar-refractivity contribution in [1.82, 2.24) is 9.80 Å². The van der Waals surface area contributed by atoms with Gasteiger partial charge in [-0.3, -0.25) is 14.5 Å². The fraction of sp³-hybridized carbons (Fsp3) is 0.622. The van der Waals surface area contributed by atoms with Gasteiger partial charge in [0.2, 0.25) is 12.7 Å². The third kappa shape index (κ3) is 9.39. The maximum Gasteiger partial charge on any atom is 0.258 e. The largest absolute Gasteiger partial charge is 0.490 e. The smallest absolute Gasteiger partial charge is 0.258 e. The van der Waals surface area contributed by atoms with Crippen molar-refractivity contribution in [2.24, 2.45) is 11.8 Å². The summed E-state index contributed by atoms with van der Waals surface area (Å²) in [5.41, 5.74) is 2.09. The van der Waals surface area contributed by atoms with Crippen molar-refractivity contribution in [1.29, 1.82) is 0 Å². The summed E-state index contributed by atoms with van der Waals surface area (Å²) in [5, 5.41) is 13.3. The van der Waals surface area contributed by atoms with Gasteiger partial charge in [-0.15, -0.1) is 0 Å². The first-order valence-electron chi connectivity index (χ1n) is 17.4. The molecule has 0 spiro atoms. The van der Waals surface area contributed by atoms with E-state index in [4.69, 9.17) is 18.9 Å². The number of carbonyl (C=O) groups is 2. The Bertz CT molecular complexity index is 1350. The van der Waals surface area contributed by atoms with Gasteiger partial charge in [0.15, 0.2) is 11.5 Å². The van der Waals surface area contributed by atoms with Crippen LogP contribution in [0.4, 0.5) is 5.69 Å². The third-order valence-corrected chi connectivity index (χ3v) is 9.68. The normalized spacial score (nSPS) is 23.5. The minimum Gasteiger partial charge on any atom is -0.490 e. The molecule has 10 nitrogen and oxygen atoms in total. The van der Waals surface area contributed by atoms with Gasteiger partial charge >= 0.3 is 0 Å². The van der Waals surface area contributed by atoms with Crippen LogP contribution in [-0.4, -0.2) is 85.1 Å². The van der Waals surface area contributed by atoms with Crippen LogP contribution in [0.2, 0.25) is 0 Å². The van der Waals surface area contributed by atoms with Gasteiger partial charge in [0.1, 0.15) is 5.75 Å². The molecule has 0 unspecified atom stereocenters. The molecule has 258 valence electrons. The number of amides is 2. The van der Waals surface area contributed by atoms with Crippen LogP contribution in [-0.2, 0) is 16.1 Å². The monoisotopic (exact) mass is 651 g/mol. The lowest BCUT2D eigenvalue weighted by Crippen LogP contribution is -2.47. The maximum absolute atomic E-state index is 14.4. The molecule has 47 heavy (non-hydrogen) atoms. The van der Waals surface area contributed by atoms with Crippen LogP contribution in [0.25, 0.3) is 0 Å². The van der Waals surface area contributed by atoms with Crippen molar-refractivity contribution in [2.45, 2.75) is 96.9 Å². The van der Waals surface area contributed by atoms with Crippen molar-refractivity contribution < 1.29 is 33.6 Å². The molecule has 1 aliphatic carbocycles. The van der Waals surface area contributed by atoms with Gasteiger partial charge in [-0.2, -0.15) is 0 Å². The number of benzene rings is 2. The zero-order valence-corrected chi connectivity index (χ0v) is 28.5. The molecule has 0 saturated heterocycles. The van der Waals surface area contributed by atoms with Crippen LogP contribution >= 0.6 is 0 Å². The zero-order chi connectivity index (χ0) is 33.3. The van der Waals surface area contributed by atoms with E-state index in [2.05, 4.69) is 30.3 Å². The van der Waals surface area contributed by atoms with Crippen molar-refractivity contribution in [3.05, 3.63) is 47.5 Å². The van der Waals surface area contributed by atoms with Gasteiger partial charge in [-0.25, -0.2) is 0 Å². The fourth-order valence-electron chi connectivity index (χ4n) is 6.79. The van der Waals surface area contributed by atoms with Crippen LogP contribution in [0, 0.1) is 11.8 Å². The molecule has 2 amide bonds. The first kappa shape index (κ1) is 35.0. The maximum atomic E-state index is 14.4. The molecule has 2 aromatic rings. The lowest BCUT2D eigenvalue weighted by Gasteiger charge is -2.36. The number of nitrogens with one attached hydrogen (secondary N) is 1. The van der Waals surface area contributed by atoms with Crippen LogP contribution in [0.15, 0.2) is 36.4 Å². The number of nitrogens with zero attached hydrogens (tertiary/aromatic N) is 2. The summed E-state index contributed by atoms with van der Waals surface area (Å²) in [6.07, 6.45) is 7.49. The van der Waals surface area contributed by atoms with Crippen molar-refractivity contribution >= 4 is 17.5 Å². The summed E-state index contributed by atoms with van der Waals surface area (Å²) >= 11 is 0. The van der Waals surface area contributed by atoms with E-state index in [1.807, 2.05) is 32.0 Å². The Morgan fingerprint density at radius 3 is 2.53 bits per heavy atom. The van der Waals surface area contributed by atoms with E-state index >= 15 is 0 Å². The SMILES string of the molecule is C[C@@H]1CCCCO[C@H](CN(C)Cc2ccc3c(c2)OCO3)[C@H](C)CN([C@@H](C)CO)C(=O)c2cc(NC(=O)C3CCCCC3)ccc2O1. The van der Waals surface area contributed by atoms with E-state index in [1.165, 1.54) is 6.42 Å². The number of ether oxygens (including phenoxy) is 4. The second-order valence-corrected chi connectivity index (χ2v) is 13.7. The molecule has 0 bridgehead atoms. The topological polar surface area (TPSA) is 110 Å². The average molecular weight is 652 g/mol. The molecule has 3 aliphatic rings. The van der Waals surface area contributed by atoms with Crippen molar-refractivity contribution in [3.8, 4) is 17.2 Å². The predicted molar refractivity (Wildman–Crippen MR) is 181 cm³/mol. The Labute approximate surface area is 279 Å². The molecule has 2 heterocycles. The van der Waals surface area contributed by atoms with Gasteiger partial charge in [0.05, 0.1) is 30.4 Å². The van der Waals surface area contributed by atoms with Gasteiger partial charge in [-0.1, -0.05) is 32.3 Å². The van der Waals surface area contributed by atoms with Crippen LogP contribution in [0.3, 0.4) is 0 Å². The van der Waals surface area contributed by atoms with E-state index < -0.39 is 6.04 Å². The number of aliphatic hydroxyl groups is 1. The quantitative estimate of drug-likeness (QED) is 0.365. The number of rotatable bonds is 8. The van der Waals surface area contributed by atoms with Crippen molar-refractivity contribution in [3.63, 3.8) is 0 Å². The Hall–Kier alpha value is -3.34. The van der Waals surface area contributed by atoms with E-state index in [-0.39, 0.29) is 49.3 Å². The standard InChI is InChI=1S/C37H53N3O7/c1-25-20-40(26(2)23-41)37(43)31-19-30(38-36(42)29-11-6-5-7-12-29)14-16-32(31)47-27(3)10-8-9-17-44-35(25)22-39(4)21-28-13-15-33-34(18-28)46-24-45-33/h13-16,18-19,25-27,29,35,41H,5-12,17,20-24H2,1-4H3,(H,38,42)/t25-,26+,27-,35-/m1/s1. The molecular formula is C37H53N3O7. The van der Waals surface area contributed by atoms with Crippen LogP contribution < -0.4 is 19.5 Å². The molecule has 2 N–H and O–H groups in total. The molecular weight excluding hydrogens is 598 g/mol. The van der Waals surface area contributed by atoms with Crippen LogP contribution in [0.1, 0.15) is 88.1 Å². The van der Waals surface area contributed by atoms with E-state index in [9.17, 15) is 14.7 Å². The van der Waals surface area contributed by atoms with E-state index in [0.29, 0.717) is 43.2 Å². The average Bonchev–Trinajstić information content (AvgIpc) is 3.54. The highest BCUT2D eigenvalue weighted by atomic mass is 16.7. The van der Waals surface area contributed by atoms with Crippen LogP contribution in [0.5, 0.6) is 17.2 Å². The molecule has 2 aliphatic heterocycles. The molecule has 4 atom stereocenters. The number of likely N-dealkylation sites (N-methyl/N-ethyl adjacent to an activating group) is 1. The molecule has 0 aromatic heterocycles. The van der Waals surface area contributed by atoms with Gasteiger partial charge < -0.3 is 34.3 Å². The fourth-order valence-corrected chi connectivity index (χ4v) is 6.79. The summed E-state index contributed by atoms with van der Waals surface area (Å²) in [6.45, 7) is 8.41. The molecule has 1 fully saturated rings. The second kappa shape index (κ2) is 16.7. The van der Waals surface area contributed by atoms with Gasteiger partial charge in [0, 0.05) is 43.8 Å². The number of hydrogen-bond acceptors (Lipinski definition) is 8. The first-order chi connectivity index (χ1) is 22.7. The Kier molecular flexibility index (Phi) is 12.4. The summed E-state index contributed by atoms with van der Waals surface area (Å²) < 4.78 is 23.9. The van der Waals surface area contributed by atoms with Crippen molar-refractivity contribution in [2.75, 3.05) is 45.5 Å². The Morgan fingerprint density at radius 1 is 1.00 bits per heavy atom. The van der Waals surface area contributed by atoms with Gasteiger partial charge in [0.25, 0.3) is 5.91 Å². The highest BCUT2D eigenvalue weighted by Gasteiger charge is 2.31. The minimum atomic E-state index is -0.435. The van der Waals surface area contributed by atoms with E-state index in [1.54, 1.807) is 17.0 Å². The molecule has 10 heteroatoms. The summed E-state index contributed by atoms with van der Waals surface area (Å²) in [6, 6.07) is 11.0. The molecule has 0 radical (unpaired) electrons. The molecule has 1 saturated carbocycles. The first-order valence-corrected chi connectivity index (χ1v) is 17.4. The van der Waals surface area contributed by atoms with Gasteiger partial charge in [-0.05, 0) is 88.9 Å². The second-order valence-electron chi connectivity index (χ2n) is 13.7. The lowest BCUT2D eigenvalue weighted by atomic mass is 9.88. The third-order valence-electron chi connectivity index (χ3n) is 9.68. The number of fused-ring (bicyclic) bond motifs is 2. The molecule has 5 rings (SSSR count). The lowest BCUT2D eigenvalue weighted by molar-refractivity contribution is -0.120. The number of hydrogen-bond donors (Lipinski definition) is 2. The number of anilines is 1. The van der Waals surface area contributed by atoms with E-state index in [0.717, 1.165) is 62.0 Å². The molecule has 2 aromatic carbocycles. The predicted octanol–water partition coefficient (Wildman–Crippen LogP) is 5.86. The number of carbonyl (C=O) groups excluding carboxylic acids is 2. The highest BCUT2D eigenvalue weighted by molar-refractivity contribution is 6.00. The number of aliphatic hydroxyl groups excluding tert-OH is 1. The summed E-state index contributed by atoms with van der Waals surface area (Å²) in [7, 11) is 2.07. The zero-order valence-electron chi connectivity index (χ0n) is 28.5. The Balaban J connectivity index is 1.36. The summed E-state index contributed by atoms with van der Waals surface area (Å²) in [5.74, 6) is 1.76.